The zero-order valence-corrected chi connectivity index (χ0v) is 32.9. The normalized spacial score (nSPS) is 14.1. The third kappa shape index (κ3) is 6.10. The van der Waals surface area contributed by atoms with E-state index in [1.54, 1.807) is 0 Å². The van der Waals surface area contributed by atoms with Crippen molar-refractivity contribution < 1.29 is 0 Å². The number of rotatable bonds is 8. The van der Waals surface area contributed by atoms with Crippen LogP contribution >= 0.6 is 15.9 Å². The van der Waals surface area contributed by atoms with Crippen LogP contribution in [0.3, 0.4) is 0 Å². The number of nitrogens with zero attached hydrogens (tertiary/aromatic N) is 1. The van der Waals surface area contributed by atoms with E-state index >= 15 is 0 Å². The first kappa shape index (κ1) is 34.7. The first-order valence-electron chi connectivity index (χ1n) is 19.4. The third-order valence-corrected chi connectivity index (χ3v) is 12.1. The van der Waals surface area contributed by atoms with Crippen molar-refractivity contribution in [3.05, 3.63) is 257 Å². The van der Waals surface area contributed by atoms with E-state index in [9.17, 15) is 0 Å². The van der Waals surface area contributed by atoms with Crippen molar-refractivity contribution in [2.75, 3.05) is 4.90 Å². The van der Waals surface area contributed by atoms with E-state index < -0.39 is 5.41 Å². The van der Waals surface area contributed by atoms with E-state index in [1.807, 2.05) is 0 Å². The van der Waals surface area contributed by atoms with Crippen LogP contribution in [-0.2, 0) is 5.41 Å². The Bertz CT molecular complexity index is 2730. The molecule has 0 saturated heterocycles. The number of benzene rings is 9. The molecule has 0 aliphatic heterocycles. The molecular formula is C55H38BrN. The van der Waals surface area contributed by atoms with Crippen molar-refractivity contribution in [3.63, 3.8) is 0 Å². The van der Waals surface area contributed by atoms with Crippen molar-refractivity contribution in [2.24, 2.45) is 0 Å². The average Bonchev–Trinajstić information content (AvgIpc) is 3.58. The molecule has 1 unspecified atom stereocenters. The third-order valence-electron chi connectivity index (χ3n) is 11.5. The predicted octanol–water partition coefficient (Wildman–Crippen LogP) is 15.3. The summed E-state index contributed by atoms with van der Waals surface area (Å²) in [4.78, 5) is 2.36. The highest BCUT2D eigenvalue weighted by molar-refractivity contribution is 9.10. The monoisotopic (exact) mass is 791 g/mol. The number of fused-ring (bicyclic) bond motifs is 3. The summed E-state index contributed by atoms with van der Waals surface area (Å²) in [7, 11) is 0. The van der Waals surface area contributed by atoms with Gasteiger partial charge in [-0.2, -0.15) is 0 Å². The van der Waals surface area contributed by atoms with Gasteiger partial charge in [-0.3, -0.25) is 0 Å². The molecule has 10 rings (SSSR count). The maximum atomic E-state index is 4.03. The van der Waals surface area contributed by atoms with Crippen molar-refractivity contribution in [1.82, 2.24) is 0 Å². The van der Waals surface area contributed by atoms with Gasteiger partial charge in [-0.05, 0) is 115 Å². The van der Waals surface area contributed by atoms with Gasteiger partial charge in [0.2, 0.25) is 0 Å². The summed E-state index contributed by atoms with van der Waals surface area (Å²) < 4.78 is 1.09. The second-order valence-electron chi connectivity index (χ2n) is 14.6. The Hall–Kier alpha value is -6.74. The van der Waals surface area contributed by atoms with Crippen LogP contribution in [0.25, 0.3) is 44.5 Å². The molecular weight excluding hydrogens is 755 g/mol. The summed E-state index contributed by atoms with van der Waals surface area (Å²) in [6.45, 7) is 0. The fourth-order valence-electron chi connectivity index (χ4n) is 8.79. The lowest BCUT2D eigenvalue weighted by Gasteiger charge is -2.35. The summed E-state index contributed by atoms with van der Waals surface area (Å²) >= 11 is 4.03. The van der Waals surface area contributed by atoms with Crippen LogP contribution < -0.4 is 4.90 Å². The van der Waals surface area contributed by atoms with Crippen LogP contribution in [0.5, 0.6) is 0 Å². The fourth-order valence-corrected chi connectivity index (χ4v) is 9.37. The molecule has 0 saturated carbocycles. The highest BCUT2D eigenvalue weighted by Gasteiger charge is 2.47. The lowest BCUT2D eigenvalue weighted by molar-refractivity contribution is 0.764. The molecule has 0 spiro atoms. The van der Waals surface area contributed by atoms with Crippen molar-refractivity contribution in [2.45, 2.75) is 5.41 Å². The zero-order chi connectivity index (χ0) is 38.2. The molecule has 9 aromatic carbocycles. The van der Waals surface area contributed by atoms with Crippen LogP contribution in [-0.4, -0.2) is 0 Å². The van der Waals surface area contributed by atoms with Crippen molar-refractivity contribution >= 4 is 33.0 Å². The first-order chi connectivity index (χ1) is 28.2. The Morgan fingerprint density at radius 1 is 0.298 bits per heavy atom. The second-order valence-corrected chi connectivity index (χ2v) is 15.5. The van der Waals surface area contributed by atoms with Gasteiger partial charge in [-0.25, -0.2) is 0 Å². The van der Waals surface area contributed by atoms with E-state index in [2.05, 4.69) is 251 Å². The highest BCUT2D eigenvalue weighted by Crippen LogP contribution is 2.58. The van der Waals surface area contributed by atoms with Crippen molar-refractivity contribution in [1.29, 1.82) is 0 Å². The van der Waals surface area contributed by atoms with Crippen LogP contribution in [0.1, 0.15) is 22.3 Å². The van der Waals surface area contributed by atoms with Gasteiger partial charge in [0.1, 0.15) is 0 Å². The van der Waals surface area contributed by atoms with E-state index in [1.165, 1.54) is 66.8 Å². The van der Waals surface area contributed by atoms with E-state index in [0.29, 0.717) is 0 Å². The number of anilines is 3. The molecule has 0 N–H and O–H groups in total. The highest BCUT2D eigenvalue weighted by atomic mass is 79.9. The van der Waals surface area contributed by atoms with Crippen molar-refractivity contribution in [3.8, 4) is 44.5 Å². The maximum absolute atomic E-state index is 4.03. The maximum Gasteiger partial charge on any atom is 0.0724 e. The minimum absolute atomic E-state index is 0.542. The molecule has 57 heavy (non-hydrogen) atoms. The van der Waals surface area contributed by atoms with Crippen LogP contribution in [0.4, 0.5) is 17.1 Å². The first-order valence-corrected chi connectivity index (χ1v) is 20.2. The Morgan fingerprint density at radius 2 is 0.684 bits per heavy atom. The smallest absolute Gasteiger partial charge is 0.0724 e. The Balaban J connectivity index is 1.13. The minimum atomic E-state index is -0.542. The molecule has 0 bridgehead atoms. The summed E-state index contributed by atoms with van der Waals surface area (Å²) in [6.07, 6.45) is 0. The zero-order valence-electron chi connectivity index (χ0n) is 31.3. The standard InChI is InChI=1S/C55H38BrN/c56-54-23-13-12-22-53(54)55(51-21-11-10-20-49(51)50-38-44(28-37-52(50)55)41-18-8-3-9-19-41)45-29-35-48(36-30-45)57(46-31-24-42(25-32-46)39-14-4-1-5-15-39)47-33-26-43(27-34-47)40-16-6-2-7-17-40/h1-38H. The summed E-state index contributed by atoms with van der Waals surface area (Å²) in [5.74, 6) is 0. The summed E-state index contributed by atoms with van der Waals surface area (Å²) in [6, 6.07) is 83.7. The molecule has 1 nitrogen and oxygen atoms in total. The molecule has 2 heteroatoms. The molecule has 1 aliphatic rings. The topological polar surface area (TPSA) is 3.24 Å². The van der Waals surface area contributed by atoms with Crippen LogP contribution in [0, 0.1) is 0 Å². The predicted molar refractivity (Wildman–Crippen MR) is 242 cm³/mol. The van der Waals surface area contributed by atoms with Gasteiger partial charge >= 0.3 is 0 Å². The van der Waals surface area contributed by atoms with Gasteiger partial charge in [0.05, 0.1) is 5.41 Å². The fraction of sp³-hybridized carbons (Fsp3) is 0.0182. The molecule has 9 aromatic rings. The molecule has 1 aliphatic carbocycles. The molecule has 0 amide bonds. The average molecular weight is 793 g/mol. The molecule has 0 radical (unpaired) electrons. The second kappa shape index (κ2) is 14.7. The van der Waals surface area contributed by atoms with Gasteiger partial charge in [-0.15, -0.1) is 0 Å². The quantitative estimate of drug-likeness (QED) is 0.148. The molecule has 1 atom stereocenters. The van der Waals surface area contributed by atoms with Gasteiger partial charge in [-0.1, -0.05) is 198 Å². The molecule has 0 fully saturated rings. The summed E-state index contributed by atoms with van der Waals surface area (Å²) in [5.41, 5.74) is 17.5. The Kier molecular flexibility index (Phi) is 8.97. The summed E-state index contributed by atoms with van der Waals surface area (Å²) in [5, 5.41) is 0. The molecule has 0 heterocycles. The minimum Gasteiger partial charge on any atom is -0.311 e. The lowest BCUT2D eigenvalue weighted by Crippen LogP contribution is -2.29. The number of hydrogen-bond acceptors (Lipinski definition) is 1. The lowest BCUT2D eigenvalue weighted by atomic mass is 9.67. The number of hydrogen-bond donors (Lipinski definition) is 0. The van der Waals surface area contributed by atoms with E-state index in [4.69, 9.17) is 0 Å². The van der Waals surface area contributed by atoms with Gasteiger partial charge < -0.3 is 4.90 Å². The Labute approximate surface area is 343 Å². The van der Waals surface area contributed by atoms with Gasteiger partial charge in [0.15, 0.2) is 0 Å². The van der Waals surface area contributed by atoms with E-state index in [-0.39, 0.29) is 0 Å². The van der Waals surface area contributed by atoms with E-state index in [0.717, 1.165) is 21.5 Å². The SMILES string of the molecule is Brc1ccccc1C1(c2ccc(N(c3ccc(-c4ccccc4)cc3)c3ccc(-c4ccccc4)cc3)cc2)c2ccccc2-c2cc(-c3ccccc3)ccc21. The van der Waals surface area contributed by atoms with Crippen LogP contribution in [0.2, 0.25) is 0 Å². The van der Waals surface area contributed by atoms with Gasteiger partial charge in [0.25, 0.3) is 0 Å². The Morgan fingerprint density at radius 3 is 1.21 bits per heavy atom. The van der Waals surface area contributed by atoms with Gasteiger partial charge in [0, 0.05) is 21.5 Å². The number of halogens is 1. The largest absolute Gasteiger partial charge is 0.311 e. The molecule has 270 valence electrons. The van der Waals surface area contributed by atoms with Crippen LogP contribution in [0.15, 0.2) is 235 Å². The molecule has 0 aromatic heterocycles.